The van der Waals surface area contributed by atoms with Crippen molar-refractivity contribution >= 4 is 49.9 Å². The minimum atomic E-state index is -4.04. The fourth-order valence-corrected chi connectivity index (χ4v) is 5.89. The lowest BCUT2D eigenvalue weighted by atomic mass is 9.49. The van der Waals surface area contributed by atoms with Crippen LogP contribution in [0.25, 0.3) is 0 Å². The third-order valence-electron chi connectivity index (χ3n) is 6.38. The first-order chi connectivity index (χ1) is 14.9. The van der Waals surface area contributed by atoms with Gasteiger partial charge in [-0.25, -0.2) is 12.8 Å². The van der Waals surface area contributed by atoms with Gasteiger partial charge in [-0.15, -0.1) is 0 Å². The molecule has 2 aliphatic rings. The van der Waals surface area contributed by atoms with E-state index in [1.807, 2.05) is 0 Å². The Morgan fingerprint density at radius 1 is 1.28 bits per heavy atom. The van der Waals surface area contributed by atoms with E-state index in [9.17, 15) is 22.7 Å². The van der Waals surface area contributed by atoms with E-state index in [4.69, 9.17) is 4.74 Å². The first kappa shape index (κ1) is 23.2. The number of anilines is 2. The number of alkyl halides is 2. The molecule has 1 amide bonds. The number of amides is 1. The Morgan fingerprint density at radius 2 is 2.03 bits per heavy atom. The van der Waals surface area contributed by atoms with Crippen LogP contribution in [-0.4, -0.2) is 32.1 Å². The first-order valence-electron chi connectivity index (χ1n) is 10.2. The van der Waals surface area contributed by atoms with E-state index in [1.165, 1.54) is 44.4 Å². The van der Waals surface area contributed by atoms with Crippen LogP contribution in [0, 0.1) is 11.8 Å². The highest BCUT2D eigenvalue weighted by molar-refractivity contribution is 14.1. The number of halogens is 2. The average molecular weight is 574 g/mol. The predicted octanol–water partition coefficient (Wildman–Crippen LogP) is 4.17. The standard InChI is InChI=1S/C22H24FIN2O5S/c1-21(23,24)13-4-3-5-16(10-13)26-32(29,30)19-7-6-15(12-18(19)31-2)25-20(27)17-11-14-8-9-22(14,17)28/h3-7,10,12,14,17,26,28H,8-9,11H2,1-2H3,(H,25,27)/t14?,17?,21?,22-/m1/s1. The second-order valence-electron chi connectivity index (χ2n) is 8.44. The van der Waals surface area contributed by atoms with Gasteiger partial charge < -0.3 is 15.2 Å². The quantitative estimate of drug-likeness (QED) is 0.340. The van der Waals surface area contributed by atoms with E-state index >= 15 is 0 Å². The lowest BCUT2D eigenvalue weighted by Gasteiger charge is -2.59. The Labute approximate surface area is 199 Å². The minimum Gasteiger partial charge on any atom is -0.495 e. The Bertz CT molecular complexity index is 1170. The molecule has 3 unspecified atom stereocenters. The zero-order valence-corrected chi connectivity index (χ0v) is 20.5. The molecule has 32 heavy (non-hydrogen) atoms. The fourth-order valence-electron chi connectivity index (χ4n) is 4.35. The largest absolute Gasteiger partial charge is 0.495 e. The summed E-state index contributed by atoms with van der Waals surface area (Å²) in [6.07, 6.45) is 2.23. The molecule has 10 heteroatoms. The second kappa shape index (κ2) is 8.14. The van der Waals surface area contributed by atoms with Gasteiger partial charge in [0.05, 0.1) is 18.6 Å². The molecule has 0 bridgehead atoms. The van der Waals surface area contributed by atoms with Crippen molar-refractivity contribution in [3.63, 3.8) is 0 Å². The molecule has 0 saturated heterocycles. The number of ether oxygens (including phenoxy) is 1. The maximum atomic E-state index is 14.2. The normalized spacial score (nSPS) is 26.0. The maximum absolute atomic E-state index is 14.2. The minimum absolute atomic E-state index is 0.0458. The monoisotopic (exact) mass is 574 g/mol. The van der Waals surface area contributed by atoms with Crippen LogP contribution in [0.4, 0.5) is 15.8 Å². The number of rotatable bonds is 7. The van der Waals surface area contributed by atoms with Gasteiger partial charge in [-0.05, 0) is 79.0 Å². The summed E-state index contributed by atoms with van der Waals surface area (Å²) in [5, 5.41) is 13.2. The molecular formula is C22H24FIN2O5S. The van der Waals surface area contributed by atoms with Crippen LogP contribution in [0.2, 0.25) is 0 Å². The van der Waals surface area contributed by atoms with Gasteiger partial charge in [0.15, 0.2) is 3.68 Å². The van der Waals surface area contributed by atoms with Crippen molar-refractivity contribution in [1.82, 2.24) is 0 Å². The van der Waals surface area contributed by atoms with Crippen molar-refractivity contribution in [3.05, 3.63) is 48.0 Å². The molecule has 2 aromatic carbocycles. The highest BCUT2D eigenvalue weighted by atomic mass is 127. The summed E-state index contributed by atoms with van der Waals surface area (Å²) in [5.41, 5.74) is 0.0199. The number of hydrogen-bond acceptors (Lipinski definition) is 5. The van der Waals surface area contributed by atoms with Crippen LogP contribution >= 0.6 is 22.6 Å². The molecule has 0 radical (unpaired) electrons. The maximum Gasteiger partial charge on any atom is 0.265 e. The Balaban J connectivity index is 1.52. The van der Waals surface area contributed by atoms with Crippen LogP contribution in [0.15, 0.2) is 47.4 Å². The van der Waals surface area contributed by atoms with Gasteiger partial charge >= 0.3 is 0 Å². The molecule has 3 N–H and O–H groups in total. The van der Waals surface area contributed by atoms with Gasteiger partial charge in [0.25, 0.3) is 10.0 Å². The van der Waals surface area contributed by atoms with E-state index in [2.05, 4.69) is 10.0 Å². The molecule has 2 fully saturated rings. The summed E-state index contributed by atoms with van der Waals surface area (Å²) in [6, 6.07) is 10.3. The zero-order chi connectivity index (χ0) is 23.3. The second-order valence-corrected chi connectivity index (χ2v) is 12.1. The van der Waals surface area contributed by atoms with E-state index in [-0.39, 0.29) is 28.2 Å². The SMILES string of the molecule is COc1cc(NC(=O)C2CC3CC[C@@]32O)ccc1S(=O)(=O)Nc1cccc(C(C)(F)I)c1. The van der Waals surface area contributed by atoms with Crippen molar-refractivity contribution in [1.29, 1.82) is 0 Å². The number of nitrogens with one attached hydrogen (secondary N) is 2. The van der Waals surface area contributed by atoms with Crippen molar-refractivity contribution in [3.8, 4) is 5.75 Å². The Kier molecular flexibility index (Phi) is 5.91. The van der Waals surface area contributed by atoms with E-state index in [1.54, 1.807) is 34.7 Å². The van der Waals surface area contributed by atoms with Crippen molar-refractivity contribution < 1.29 is 27.4 Å². The number of hydrogen-bond donors (Lipinski definition) is 3. The lowest BCUT2D eigenvalue weighted by molar-refractivity contribution is -0.212. The van der Waals surface area contributed by atoms with Gasteiger partial charge in [-0.1, -0.05) is 12.1 Å². The zero-order valence-electron chi connectivity index (χ0n) is 17.6. The summed E-state index contributed by atoms with van der Waals surface area (Å²) in [5.74, 6) is -0.496. The predicted molar refractivity (Wildman–Crippen MR) is 127 cm³/mol. The molecule has 0 aliphatic heterocycles. The van der Waals surface area contributed by atoms with Gasteiger partial charge in [-0.3, -0.25) is 9.52 Å². The third kappa shape index (κ3) is 4.19. The van der Waals surface area contributed by atoms with Crippen LogP contribution < -0.4 is 14.8 Å². The number of methoxy groups -OCH3 is 1. The van der Waals surface area contributed by atoms with Crippen LogP contribution in [0.3, 0.4) is 0 Å². The van der Waals surface area contributed by atoms with E-state index in [0.717, 1.165) is 6.42 Å². The molecule has 0 heterocycles. The molecule has 4 rings (SSSR count). The molecular weight excluding hydrogens is 550 g/mol. The topological polar surface area (TPSA) is 105 Å². The number of benzene rings is 2. The summed E-state index contributed by atoms with van der Waals surface area (Å²) in [4.78, 5) is 12.4. The smallest absolute Gasteiger partial charge is 0.265 e. The number of sulfonamides is 1. The van der Waals surface area contributed by atoms with E-state index < -0.39 is 25.2 Å². The molecule has 4 atom stereocenters. The van der Waals surface area contributed by atoms with Gasteiger partial charge in [0, 0.05) is 23.0 Å². The molecule has 2 aromatic rings. The summed E-state index contributed by atoms with van der Waals surface area (Å²) in [6.45, 7) is 1.38. The number of carbonyl (C=O) groups excluding carboxylic acids is 1. The van der Waals surface area contributed by atoms with Crippen molar-refractivity contribution in [2.24, 2.45) is 11.8 Å². The molecule has 2 aliphatic carbocycles. The van der Waals surface area contributed by atoms with Crippen molar-refractivity contribution in [2.75, 3.05) is 17.1 Å². The van der Waals surface area contributed by atoms with Gasteiger partial charge in [0.1, 0.15) is 10.6 Å². The van der Waals surface area contributed by atoms with Crippen LogP contribution in [0.1, 0.15) is 31.7 Å². The summed E-state index contributed by atoms with van der Waals surface area (Å²) in [7, 11) is -2.71. The number of aliphatic hydroxyl groups is 1. The number of fused-ring (bicyclic) bond motifs is 1. The molecule has 2 saturated carbocycles. The Morgan fingerprint density at radius 3 is 2.59 bits per heavy atom. The average Bonchev–Trinajstić information content (AvgIpc) is 2.72. The highest BCUT2D eigenvalue weighted by Gasteiger charge is 2.62. The Hall–Kier alpha value is -1.92. The van der Waals surface area contributed by atoms with Gasteiger partial charge in [-0.2, -0.15) is 0 Å². The highest BCUT2D eigenvalue weighted by Crippen LogP contribution is 2.57. The molecule has 172 valence electrons. The van der Waals surface area contributed by atoms with Gasteiger partial charge in [0.2, 0.25) is 5.91 Å². The molecule has 7 nitrogen and oxygen atoms in total. The fraction of sp³-hybridized carbons (Fsp3) is 0.409. The summed E-state index contributed by atoms with van der Waals surface area (Å²) < 4.78 is 46.2. The summed E-state index contributed by atoms with van der Waals surface area (Å²) >= 11 is 1.64. The first-order valence-corrected chi connectivity index (χ1v) is 12.7. The van der Waals surface area contributed by atoms with E-state index in [0.29, 0.717) is 24.1 Å². The van der Waals surface area contributed by atoms with Crippen molar-refractivity contribution in [2.45, 2.75) is 40.4 Å². The number of carbonyl (C=O) groups is 1. The molecule has 0 spiro atoms. The third-order valence-corrected chi connectivity index (χ3v) is 8.43. The van der Waals surface area contributed by atoms with Crippen LogP contribution in [0.5, 0.6) is 5.75 Å². The van der Waals surface area contributed by atoms with Crippen LogP contribution in [-0.2, 0) is 18.5 Å². The lowest BCUT2D eigenvalue weighted by Crippen LogP contribution is -2.65. The molecule has 0 aromatic heterocycles.